The molecule has 0 spiro atoms. The third-order valence-electron chi connectivity index (χ3n) is 10.9. The number of hydrogen-bond acceptors (Lipinski definition) is 5. The molecule has 0 saturated carbocycles. The molecule has 5 nitrogen and oxygen atoms in total. The van der Waals surface area contributed by atoms with E-state index in [1.54, 1.807) is 0 Å². The fraction of sp³-hybridized carbons (Fsp3) is 0.833. The molecular formula is C36H67IO5Si2. The highest BCUT2D eigenvalue weighted by Crippen LogP contribution is 2.44. The van der Waals surface area contributed by atoms with E-state index in [9.17, 15) is 9.59 Å². The lowest BCUT2D eigenvalue weighted by Crippen LogP contribution is -2.54. The SMILES string of the molecule is CC/C1=C/C[C@@H](/C(C)=C/I)OC(=O)C[C@H](O[Si](C)(C)C(C)(C)C)C(C)(C)C(=O)[C@H](C)[C@@H](O[Si](C)(C)C(C)(C)C)[C@@H](C)CCC1. The summed E-state index contributed by atoms with van der Waals surface area (Å²) >= 11 is 2.22. The molecule has 0 unspecified atom stereocenters. The smallest absolute Gasteiger partial charge is 0.309 e. The minimum absolute atomic E-state index is 0.0250. The van der Waals surface area contributed by atoms with E-state index in [2.05, 4.69) is 110 Å². The molecule has 1 aliphatic heterocycles. The van der Waals surface area contributed by atoms with Crippen molar-refractivity contribution in [1.29, 1.82) is 0 Å². The van der Waals surface area contributed by atoms with Crippen LogP contribution < -0.4 is 0 Å². The molecule has 256 valence electrons. The third-order valence-corrected chi connectivity index (χ3v) is 20.9. The van der Waals surface area contributed by atoms with Crippen LogP contribution in [0.2, 0.25) is 36.3 Å². The fourth-order valence-corrected chi connectivity index (χ4v) is 8.68. The highest BCUT2D eigenvalue weighted by atomic mass is 127. The first-order chi connectivity index (χ1) is 19.8. The predicted octanol–water partition coefficient (Wildman–Crippen LogP) is 11.2. The molecule has 0 N–H and O–H groups in total. The van der Waals surface area contributed by atoms with Crippen molar-refractivity contribution < 1.29 is 23.2 Å². The number of hydrogen-bond donors (Lipinski definition) is 0. The van der Waals surface area contributed by atoms with E-state index in [1.165, 1.54) is 5.57 Å². The Bertz CT molecular complexity index is 1030. The van der Waals surface area contributed by atoms with Crippen LogP contribution in [0.5, 0.6) is 0 Å². The summed E-state index contributed by atoms with van der Waals surface area (Å²) in [5, 5.41) is -0.0546. The molecule has 0 amide bonds. The number of esters is 1. The Labute approximate surface area is 287 Å². The van der Waals surface area contributed by atoms with Gasteiger partial charge >= 0.3 is 5.97 Å². The van der Waals surface area contributed by atoms with Gasteiger partial charge in [-0.25, -0.2) is 0 Å². The topological polar surface area (TPSA) is 61.8 Å². The molecule has 0 aromatic rings. The zero-order valence-corrected chi connectivity index (χ0v) is 35.4. The van der Waals surface area contributed by atoms with Crippen molar-refractivity contribution in [2.24, 2.45) is 17.3 Å². The van der Waals surface area contributed by atoms with Gasteiger partial charge in [0.15, 0.2) is 16.6 Å². The number of ether oxygens (including phenoxy) is 1. The van der Waals surface area contributed by atoms with Crippen molar-refractivity contribution >= 4 is 51.0 Å². The van der Waals surface area contributed by atoms with Crippen LogP contribution in [-0.4, -0.2) is 46.7 Å². The molecule has 0 fully saturated rings. The summed E-state index contributed by atoms with van der Waals surface area (Å²) in [7, 11) is -4.52. The van der Waals surface area contributed by atoms with Gasteiger partial charge in [-0.15, -0.1) is 0 Å². The number of halogens is 1. The van der Waals surface area contributed by atoms with Crippen LogP contribution in [0.15, 0.2) is 21.3 Å². The first-order valence-electron chi connectivity index (χ1n) is 16.9. The molecule has 44 heavy (non-hydrogen) atoms. The maximum Gasteiger partial charge on any atom is 0.309 e. The van der Waals surface area contributed by atoms with E-state index in [1.807, 2.05) is 31.8 Å². The van der Waals surface area contributed by atoms with Crippen molar-refractivity contribution in [3.63, 3.8) is 0 Å². The second-order valence-corrected chi connectivity index (χ2v) is 27.1. The highest BCUT2D eigenvalue weighted by molar-refractivity contribution is 14.1. The summed E-state index contributed by atoms with van der Waals surface area (Å²) < 4.78 is 22.3. The minimum Gasteiger partial charge on any atom is -0.457 e. The molecule has 8 heteroatoms. The molecule has 0 aromatic heterocycles. The summed E-state index contributed by atoms with van der Waals surface area (Å²) in [6.07, 6.45) is 5.82. The first-order valence-corrected chi connectivity index (χ1v) is 23.9. The van der Waals surface area contributed by atoms with E-state index in [-0.39, 0.29) is 52.3 Å². The Hall–Kier alpha value is -0.296. The molecule has 1 aliphatic rings. The van der Waals surface area contributed by atoms with Crippen molar-refractivity contribution in [1.82, 2.24) is 0 Å². The number of carbonyl (C=O) groups excluding carboxylic acids is 2. The quantitative estimate of drug-likeness (QED) is 0.117. The zero-order chi connectivity index (χ0) is 34.5. The minimum atomic E-state index is -2.35. The monoisotopic (exact) mass is 762 g/mol. The van der Waals surface area contributed by atoms with Crippen molar-refractivity contribution in [2.75, 3.05) is 0 Å². The van der Waals surface area contributed by atoms with Gasteiger partial charge in [0.25, 0.3) is 0 Å². The molecular weight excluding hydrogens is 695 g/mol. The van der Waals surface area contributed by atoms with Gasteiger partial charge in [-0.05, 0) is 84.4 Å². The van der Waals surface area contributed by atoms with Gasteiger partial charge in [-0.3, -0.25) is 9.59 Å². The van der Waals surface area contributed by atoms with Gasteiger partial charge in [0.1, 0.15) is 11.9 Å². The number of ketones is 1. The normalized spacial score (nSPS) is 29.2. The Kier molecular flexibility index (Phi) is 15.4. The molecule has 0 radical (unpaired) electrons. The molecule has 0 saturated heterocycles. The van der Waals surface area contributed by atoms with Gasteiger partial charge in [0.05, 0.1) is 18.6 Å². The number of allylic oxidation sites excluding steroid dienone is 1. The average molecular weight is 763 g/mol. The lowest BCUT2D eigenvalue weighted by Gasteiger charge is -2.46. The maximum absolute atomic E-state index is 14.7. The lowest BCUT2D eigenvalue weighted by atomic mass is 9.73. The zero-order valence-electron chi connectivity index (χ0n) is 31.2. The predicted molar refractivity (Wildman–Crippen MR) is 200 cm³/mol. The summed E-state index contributed by atoms with van der Waals surface area (Å²) in [4.78, 5) is 28.4. The van der Waals surface area contributed by atoms with Gasteiger partial charge in [-0.2, -0.15) is 0 Å². The molecule has 1 heterocycles. The van der Waals surface area contributed by atoms with Crippen LogP contribution in [0.1, 0.15) is 122 Å². The Morgan fingerprint density at radius 2 is 1.55 bits per heavy atom. The third kappa shape index (κ3) is 11.2. The van der Waals surface area contributed by atoms with Crippen LogP contribution in [0, 0.1) is 17.3 Å². The second-order valence-electron chi connectivity index (χ2n) is 16.9. The van der Waals surface area contributed by atoms with Gasteiger partial charge < -0.3 is 13.6 Å². The number of Topliss-reactive ketones (excluding diaryl/α,β-unsaturated/α-hetero) is 1. The molecule has 0 aliphatic carbocycles. The van der Waals surface area contributed by atoms with E-state index < -0.39 is 28.2 Å². The van der Waals surface area contributed by atoms with Crippen molar-refractivity contribution in [3.05, 3.63) is 21.3 Å². The Morgan fingerprint density at radius 1 is 1.02 bits per heavy atom. The van der Waals surface area contributed by atoms with Crippen LogP contribution in [0.3, 0.4) is 0 Å². The number of rotatable bonds is 6. The summed E-state index contributed by atoms with van der Waals surface area (Å²) in [5.74, 6) is -0.343. The van der Waals surface area contributed by atoms with Gasteiger partial charge in [0.2, 0.25) is 0 Å². The molecule has 0 aromatic carbocycles. The Morgan fingerprint density at radius 3 is 2.02 bits per heavy atom. The van der Waals surface area contributed by atoms with E-state index in [0.717, 1.165) is 31.3 Å². The molecule has 1 rings (SSSR count). The van der Waals surface area contributed by atoms with Crippen molar-refractivity contribution in [2.45, 2.75) is 176 Å². The second kappa shape index (κ2) is 16.2. The van der Waals surface area contributed by atoms with E-state index >= 15 is 0 Å². The largest absolute Gasteiger partial charge is 0.457 e. The molecule has 0 bridgehead atoms. The van der Waals surface area contributed by atoms with Crippen LogP contribution in [-0.2, 0) is 23.2 Å². The van der Waals surface area contributed by atoms with E-state index in [4.69, 9.17) is 13.6 Å². The van der Waals surface area contributed by atoms with Crippen LogP contribution >= 0.6 is 22.6 Å². The highest BCUT2D eigenvalue weighted by Gasteiger charge is 2.50. The lowest BCUT2D eigenvalue weighted by molar-refractivity contribution is -0.153. The van der Waals surface area contributed by atoms with Crippen LogP contribution in [0.25, 0.3) is 0 Å². The Balaban J connectivity index is 3.79. The van der Waals surface area contributed by atoms with Crippen LogP contribution in [0.4, 0.5) is 0 Å². The first kappa shape index (κ1) is 41.7. The average Bonchev–Trinajstić information content (AvgIpc) is 2.88. The van der Waals surface area contributed by atoms with Crippen molar-refractivity contribution in [3.8, 4) is 0 Å². The van der Waals surface area contributed by atoms with E-state index in [0.29, 0.717) is 6.42 Å². The van der Waals surface area contributed by atoms with Gasteiger partial charge in [0, 0.05) is 17.8 Å². The maximum atomic E-state index is 14.7. The molecule has 5 atom stereocenters. The van der Waals surface area contributed by atoms with Gasteiger partial charge in [-0.1, -0.05) is 110 Å². The summed E-state index contributed by atoms with van der Waals surface area (Å²) in [6, 6.07) is 0. The summed E-state index contributed by atoms with van der Waals surface area (Å²) in [6.45, 7) is 34.7. The summed E-state index contributed by atoms with van der Waals surface area (Å²) in [5.41, 5.74) is 1.49. The standard InChI is InChI=1S/C36H67IO5Si2/c1-17-28-20-18-19-25(2)32(42-44(15,16)35(8,9)10)27(4)33(39)36(11,12)30(41-43(13,14)34(5,6)7)23-31(38)40-29(22-21-28)26(3)24-37/h21,24-25,27,29-30,32H,17-20,22-23H2,1-16H3/b26-24+,28-21-/t25-,27+,29-,30-,32-/m0/s1. The fourth-order valence-electron chi connectivity index (χ4n) is 5.37. The number of cyclic esters (lactones) is 1. The number of carbonyl (C=O) groups is 2.